The van der Waals surface area contributed by atoms with Crippen LogP contribution in [-0.4, -0.2) is 30.1 Å². The van der Waals surface area contributed by atoms with Gasteiger partial charge in [0.05, 0.1) is 18.3 Å². The van der Waals surface area contributed by atoms with Crippen molar-refractivity contribution in [3.05, 3.63) is 111 Å². The molecule has 3 aromatic heterocycles. The third-order valence-electron chi connectivity index (χ3n) is 7.10. The Labute approximate surface area is 220 Å². The van der Waals surface area contributed by atoms with Crippen molar-refractivity contribution in [2.24, 2.45) is 0 Å². The summed E-state index contributed by atoms with van der Waals surface area (Å²) in [4.78, 5) is 18.8. The second kappa shape index (κ2) is 10.3. The zero-order chi connectivity index (χ0) is 26.9. The lowest BCUT2D eigenvalue weighted by Gasteiger charge is -2.33. The van der Waals surface area contributed by atoms with Gasteiger partial charge in [-0.2, -0.15) is 0 Å². The Morgan fingerprint density at radius 1 is 1.11 bits per heavy atom. The number of benzene rings is 2. The molecule has 0 aliphatic carbocycles. The fraction of sp³-hybridized carbons (Fsp3) is 0.310. The van der Waals surface area contributed by atoms with E-state index in [0.717, 1.165) is 34.2 Å². The molecule has 0 saturated carbocycles. The summed E-state index contributed by atoms with van der Waals surface area (Å²) in [6, 6.07) is 17.3. The molecule has 8 nitrogen and oxygen atoms in total. The fourth-order valence-electron chi connectivity index (χ4n) is 4.64. The highest BCUT2D eigenvalue weighted by molar-refractivity contribution is 5.79. The van der Waals surface area contributed by atoms with E-state index in [2.05, 4.69) is 46.2 Å². The van der Waals surface area contributed by atoms with Gasteiger partial charge in [0.25, 0.3) is 5.56 Å². The normalized spacial score (nSPS) is 12.9. The van der Waals surface area contributed by atoms with Gasteiger partial charge in [0.15, 0.2) is 5.82 Å². The number of H-pyrrole nitrogens is 1. The van der Waals surface area contributed by atoms with Crippen LogP contribution in [0.15, 0.2) is 76.1 Å². The zero-order valence-electron chi connectivity index (χ0n) is 22.0. The predicted octanol–water partition coefficient (Wildman–Crippen LogP) is 5.49. The molecule has 0 saturated heterocycles. The smallest absolute Gasteiger partial charge is 0.253 e. The minimum Gasteiger partial charge on any atom is -0.468 e. The maximum absolute atomic E-state index is 13.7. The van der Waals surface area contributed by atoms with E-state index in [9.17, 15) is 9.18 Å². The van der Waals surface area contributed by atoms with E-state index in [1.54, 1.807) is 23.1 Å². The van der Waals surface area contributed by atoms with Crippen LogP contribution in [0, 0.1) is 12.7 Å². The maximum Gasteiger partial charge on any atom is 0.253 e. The second-order valence-electron chi connectivity index (χ2n) is 10.3. The van der Waals surface area contributed by atoms with E-state index in [1.807, 2.05) is 43.3 Å². The molecule has 1 unspecified atom stereocenters. The van der Waals surface area contributed by atoms with Crippen molar-refractivity contribution in [2.75, 3.05) is 0 Å². The number of hydrogen-bond donors (Lipinski definition) is 1. The quantitative estimate of drug-likeness (QED) is 0.280. The van der Waals surface area contributed by atoms with Crippen LogP contribution in [0.4, 0.5) is 4.39 Å². The van der Waals surface area contributed by atoms with Gasteiger partial charge in [0.1, 0.15) is 17.6 Å². The molecule has 0 spiro atoms. The number of halogens is 1. The highest BCUT2D eigenvalue weighted by Crippen LogP contribution is 2.33. The molecule has 0 fully saturated rings. The first kappa shape index (κ1) is 25.5. The molecule has 0 aliphatic heterocycles. The van der Waals surface area contributed by atoms with Crippen molar-refractivity contribution in [1.82, 2.24) is 30.1 Å². The number of nitrogens with one attached hydrogen (secondary N) is 1. The van der Waals surface area contributed by atoms with Crippen LogP contribution in [0.5, 0.6) is 0 Å². The molecule has 0 bridgehead atoms. The van der Waals surface area contributed by atoms with E-state index in [4.69, 9.17) is 4.42 Å². The summed E-state index contributed by atoms with van der Waals surface area (Å²) < 4.78 is 21.2. The Kier molecular flexibility index (Phi) is 6.94. The van der Waals surface area contributed by atoms with Crippen LogP contribution in [0.2, 0.25) is 0 Å². The maximum atomic E-state index is 13.7. The summed E-state index contributed by atoms with van der Waals surface area (Å²) in [5.74, 6) is 0.957. The molecule has 0 aliphatic rings. The first-order valence-corrected chi connectivity index (χ1v) is 12.7. The molecule has 3 heterocycles. The van der Waals surface area contributed by atoms with E-state index in [1.165, 1.54) is 12.1 Å². The lowest BCUT2D eigenvalue weighted by atomic mass is 9.98. The number of rotatable bonds is 9. The number of pyridine rings is 1. The van der Waals surface area contributed by atoms with Crippen molar-refractivity contribution >= 4 is 10.9 Å². The van der Waals surface area contributed by atoms with Gasteiger partial charge in [-0.25, -0.2) is 9.07 Å². The Morgan fingerprint density at radius 2 is 1.89 bits per heavy atom. The summed E-state index contributed by atoms with van der Waals surface area (Å²) in [6.45, 7) is 8.96. The molecule has 0 radical (unpaired) electrons. The molecule has 1 N–H and O–H groups in total. The topological polar surface area (TPSA) is 92.8 Å². The highest BCUT2D eigenvalue weighted by Gasteiger charge is 2.35. The molecular formula is C29H31FN6O2. The summed E-state index contributed by atoms with van der Waals surface area (Å²) >= 11 is 0. The first-order valence-electron chi connectivity index (χ1n) is 12.7. The van der Waals surface area contributed by atoms with Crippen LogP contribution in [0.1, 0.15) is 61.5 Å². The van der Waals surface area contributed by atoms with Gasteiger partial charge >= 0.3 is 0 Å². The van der Waals surface area contributed by atoms with Crippen molar-refractivity contribution in [2.45, 2.75) is 58.8 Å². The Morgan fingerprint density at radius 3 is 2.61 bits per heavy atom. The number of aryl methyl sites for hydroxylation is 1. The van der Waals surface area contributed by atoms with Crippen molar-refractivity contribution < 1.29 is 8.81 Å². The van der Waals surface area contributed by atoms with Gasteiger partial charge in [0.2, 0.25) is 0 Å². The van der Waals surface area contributed by atoms with Crippen LogP contribution in [0.3, 0.4) is 0 Å². The van der Waals surface area contributed by atoms with Gasteiger partial charge in [0, 0.05) is 17.6 Å². The second-order valence-corrected chi connectivity index (χ2v) is 10.3. The van der Waals surface area contributed by atoms with Crippen molar-refractivity contribution in [1.29, 1.82) is 0 Å². The number of fused-ring (bicyclic) bond motifs is 1. The molecule has 5 aromatic rings. The standard InChI is InChI=1S/C29H31FN6O2/c1-5-29(3,4)36-27(32-33-34-36)26(24-16-21-11-8-19(2)15-25(21)31-28(24)37)35(18-23-7-6-14-38-23)17-20-9-12-22(30)13-10-20/h6-16,26H,5,17-18H2,1-4H3,(H,31,37). The third kappa shape index (κ3) is 5.15. The largest absolute Gasteiger partial charge is 0.468 e. The number of nitrogens with zero attached hydrogens (tertiary/aromatic N) is 5. The minimum absolute atomic E-state index is 0.222. The van der Waals surface area contributed by atoms with E-state index >= 15 is 0 Å². The molecule has 196 valence electrons. The van der Waals surface area contributed by atoms with Gasteiger partial charge in [-0.15, -0.1) is 5.10 Å². The van der Waals surface area contributed by atoms with Crippen LogP contribution in [-0.2, 0) is 18.6 Å². The monoisotopic (exact) mass is 514 g/mol. The molecule has 38 heavy (non-hydrogen) atoms. The van der Waals surface area contributed by atoms with Crippen LogP contribution >= 0.6 is 0 Å². The third-order valence-corrected chi connectivity index (χ3v) is 7.10. The van der Waals surface area contributed by atoms with Gasteiger partial charge in [-0.05, 0) is 90.5 Å². The fourth-order valence-corrected chi connectivity index (χ4v) is 4.64. The molecule has 0 amide bonds. The minimum atomic E-state index is -0.625. The molecular weight excluding hydrogens is 483 g/mol. The Hall–Kier alpha value is -4.11. The number of tetrazole rings is 1. The summed E-state index contributed by atoms with van der Waals surface area (Å²) in [7, 11) is 0. The molecule has 9 heteroatoms. The first-order chi connectivity index (χ1) is 18.2. The number of aromatic amines is 1. The average Bonchev–Trinajstić information content (AvgIpc) is 3.59. The number of furan rings is 1. The Bertz CT molecular complexity index is 1590. The molecule has 5 rings (SSSR count). The molecule has 2 aromatic carbocycles. The number of aromatic nitrogens is 5. The Balaban J connectivity index is 1.72. The lowest BCUT2D eigenvalue weighted by Crippen LogP contribution is -2.38. The van der Waals surface area contributed by atoms with Crippen LogP contribution in [0.25, 0.3) is 10.9 Å². The van der Waals surface area contributed by atoms with Gasteiger partial charge < -0.3 is 9.40 Å². The SMILES string of the molecule is CCC(C)(C)n1nnnc1C(c1cc2ccc(C)cc2[nH]c1=O)N(Cc1ccc(F)cc1)Cc1ccco1. The van der Waals surface area contributed by atoms with Crippen LogP contribution < -0.4 is 5.56 Å². The summed E-state index contributed by atoms with van der Waals surface area (Å²) in [5, 5.41) is 13.8. The predicted molar refractivity (Wildman–Crippen MR) is 143 cm³/mol. The van der Waals surface area contributed by atoms with Crippen molar-refractivity contribution in [3.63, 3.8) is 0 Å². The summed E-state index contributed by atoms with van der Waals surface area (Å²) in [6.07, 6.45) is 2.40. The lowest BCUT2D eigenvalue weighted by molar-refractivity contribution is 0.168. The summed E-state index contributed by atoms with van der Waals surface area (Å²) in [5.41, 5.74) is 2.59. The van der Waals surface area contributed by atoms with E-state index < -0.39 is 11.6 Å². The van der Waals surface area contributed by atoms with E-state index in [0.29, 0.717) is 24.5 Å². The number of hydrogen-bond acceptors (Lipinski definition) is 6. The van der Waals surface area contributed by atoms with Gasteiger partial charge in [-0.1, -0.05) is 31.2 Å². The zero-order valence-corrected chi connectivity index (χ0v) is 22.0. The average molecular weight is 515 g/mol. The highest BCUT2D eigenvalue weighted by atomic mass is 19.1. The molecule has 1 atom stereocenters. The van der Waals surface area contributed by atoms with Gasteiger partial charge in [-0.3, -0.25) is 9.69 Å². The van der Waals surface area contributed by atoms with Crippen molar-refractivity contribution in [3.8, 4) is 0 Å². The van der Waals surface area contributed by atoms with E-state index in [-0.39, 0.29) is 11.4 Å².